The second kappa shape index (κ2) is 2.88. The summed E-state index contributed by atoms with van der Waals surface area (Å²) in [6.45, 7) is 11.0. The number of carbonyl (C=O) groups excluding carboxylic acids is 1. The number of hydrogen-bond donors (Lipinski definition) is 0. The second-order valence-corrected chi connectivity index (χ2v) is 6.44. The van der Waals surface area contributed by atoms with Crippen molar-refractivity contribution in [1.29, 1.82) is 0 Å². The normalized spacial score (nSPS) is 44.6. The van der Waals surface area contributed by atoms with E-state index in [0.29, 0.717) is 23.2 Å². The highest BCUT2D eigenvalue weighted by Gasteiger charge is 2.63. The van der Waals surface area contributed by atoms with Crippen molar-refractivity contribution in [2.75, 3.05) is 0 Å². The van der Waals surface area contributed by atoms with Gasteiger partial charge in [-0.1, -0.05) is 32.9 Å². The third kappa shape index (κ3) is 1.09. The fourth-order valence-electron chi connectivity index (χ4n) is 4.16. The summed E-state index contributed by atoms with van der Waals surface area (Å²) in [5.74, 6) is 2.65. The van der Waals surface area contributed by atoms with Crippen molar-refractivity contribution in [1.82, 2.24) is 0 Å². The molecule has 4 unspecified atom stereocenters. The van der Waals surface area contributed by atoms with Crippen LogP contribution in [0.5, 0.6) is 0 Å². The number of carbonyl (C=O) groups is 1. The van der Waals surface area contributed by atoms with Crippen molar-refractivity contribution in [2.45, 2.75) is 33.6 Å². The highest BCUT2D eigenvalue weighted by Crippen LogP contribution is 2.69. The Bertz CT molecular complexity index is 413. The maximum atomic E-state index is 11.8. The Labute approximate surface area is 97.6 Å². The highest BCUT2D eigenvalue weighted by atomic mass is 16.1. The van der Waals surface area contributed by atoms with Crippen LogP contribution in [0.25, 0.3) is 0 Å². The van der Waals surface area contributed by atoms with Gasteiger partial charge in [-0.3, -0.25) is 4.79 Å². The molecule has 0 N–H and O–H groups in total. The predicted octanol–water partition coefficient (Wildman–Crippen LogP) is 3.37. The minimum Gasteiger partial charge on any atom is -0.290 e. The van der Waals surface area contributed by atoms with Gasteiger partial charge in [0, 0.05) is 5.92 Å². The Hall–Kier alpha value is -0.850. The summed E-state index contributed by atoms with van der Waals surface area (Å²) in [6.07, 6.45) is 4.45. The number of rotatable bonds is 0. The molecule has 2 saturated carbocycles. The zero-order chi connectivity index (χ0) is 11.7. The van der Waals surface area contributed by atoms with Crippen LogP contribution in [-0.4, -0.2) is 5.78 Å². The first-order chi connectivity index (χ1) is 7.44. The van der Waals surface area contributed by atoms with Gasteiger partial charge in [0.05, 0.1) is 0 Å². The van der Waals surface area contributed by atoms with Crippen molar-refractivity contribution < 1.29 is 4.79 Å². The van der Waals surface area contributed by atoms with Gasteiger partial charge in [-0.15, -0.1) is 0 Å². The second-order valence-electron chi connectivity index (χ2n) is 6.44. The largest absolute Gasteiger partial charge is 0.290 e. The molecular formula is C15H20O. The molecule has 1 heteroatoms. The molecule has 3 rings (SSSR count). The van der Waals surface area contributed by atoms with E-state index in [0.717, 1.165) is 11.5 Å². The molecule has 0 spiro atoms. The van der Waals surface area contributed by atoms with Crippen molar-refractivity contribution in [3.63, 3.8) is 0 Å². The van der Waals surface area contributed by atoms with Crippen molar-refractivity contribution in [3.05, 3.63) is 23.8 Å². The minimum atomic E-state index is 0.190. The Morgan fingerprint density at radius 3 is 2.75 bits per heavy atom. The molecule has 0 amide bonds. The summed E-state index contributed by atoms with van der Waals surface area (Å²) in [5, 5.41) is 0. The van der Waals surface area contributed by atoms with Gasteiger partial charge in [-0.25, -0.2) is 0 Å². The fourth-order valence-corrected chi connectivity index (χ4v) is 4.16. The molecule has 4 atom stereocenters. The molecular weight excluding hydrogens is 196 g/mol. The van der Waals surface area contributed by atoms with E-state index in [1.165, 1.54) is 18.4 Å². The molecule has 0 bridgehead atoms. The van der Waals surface area contributed by atoms with Crippen LogP contribution in [0, 0.1) is 29.1 Å². The van der Waals surface area contributed by atoms with Gasteiger partial charge >= 0.3 is 0 Å². The molecule has 1 nitrogen and oxygen atoms in total. The summed E-state index contributed by atoms with van der Waals surface area (Å²) >= 11 is 0. The first-order valence-corrected chi connectivity index (χ1v) is 6.39. The smallest absolute Gasteiger partial charge is 0.181 e. The molecule has 3 aliphatic rings. The van der Waals surface area contributed by atoms with Crippen LogP contribution >= 0.6 is 0 Å². The summed E-state index contributed by atoms with van der Waals surface area (Å²) in [6, 6.07) is 0. The molecule has 0 aliphatic heterocycles. The zero-order valence-electron chi connectivity index (χ0n) is 10.4. The van der Waals surface area contributed by atoms with Gasteiger partial charge in [0.25, 0.3) is 0 Å². The topological polar surface area (TPSA) is 17.1 Å². The lowest BCUT2D eigenvalue weighted by molar-refractivity contribution is -0.111. The lowest BCUT2D eigenvalue weighted by Gasteiger charge is -2.21. The van der Waals surface area contributed by atoms with E-state index in [1.807, 2.05) is 6.08 Å². The van der Waals surface area contributed by atoms with Crippen LogP contribution in [0.4, 0.5) is 0 Å². The van der Waals surface area contributed by atoms with E-state index >= 15 is 0 Å². The lowest BCUT2D eigenvalue weighted by Crippen LogP contribution is -2.14. The molecule has 0 radical (unpaired) electrons. The Kier molecular flexibility index (Phi) is 1.86. The molecule has 16 heavy (non-hydrogen) atoms. The minimum absolute atomic E-state index is 0.190. The third-order valence-corrected chi connectivity index (χ3v) is 5.33. The van der Waals surface area contributed by atoms with Crippen LogP contribution in [0.2, 0.25) is 0 Å². The number of ketones is 1. The van der Waals surface area contributed by atoms with Gasteiger partial charge in [0.2, 0.25) is 0 Å². The van der Waals surface area contributed by atoms with E-state index in [9.17, 15) is 4.79 Å². The Balaban J connectivity index is 2.03. The summed E-state index contributed by atoms with van der Waals surface area (Å²) in [5.41, 5.74) is 2.68. The summed E-state index contributed by atoms with van der Waals surface area (Å²) in [7, 11) is 0. The number of hydrogen-bond acceptors (Lipinski definition) is 1. The highest BCUT2D eigenvalue weighted by molar-refractivity contribution is 6.08. The molecule has 0 saturated heterocycles. The Morgan fingerprint density at radius 1 is 1.38 bits per heavy atom. The molecule has 0 aromatic heterocycles. The molecule has 86 valence electrons. The van der Waals surface area contributed by atoms with Crippen molar-refractivity contribution in [3.8, 4) is 0 Å². The summed E-state index contributed by atoms with van der Waals surface area (Å²) in [4.78, 5) is 11.8. The van der Waals surface area contributed by atoms with E-state index < -0.39 is 0 Å². The monoisotopic (exact) mass is 216 g/mol. The van der Waals surface area contributed by atoms with Gasteiger partial charge in [-0.05, 0) is 47.7 Å². The van der Waals surface area contributed by atoms with Crippen molar-refractivity contribution in [2.24, 2.45) is 29.1 Å². The maximum Gasteiger partial charge on any atom is 0.181 e. The van der Waals surface area contributed by atoms with Crippen molar-refractivity contribution >= 4 is 5.78 Å². The standard InChI is InChI=1S/C15H20O/c1-8-5-6-11-14(15(11,3)4)13-9(2)12(16)7-10(8)13/h7-8,11,13-14H,2,5-6H2,1,3-4H3. The summed E-state index contributed by atoms with van der Waals surface area (Å²) < 4.78 is 0. The van der Waals surface area contributed by atoms with Gasteiger partial charge in [0.15, 0.2) is 5.78 Å². The molecule has 0 aromatic carbocycles. The molecule has 0 aromatic rings. The number of fused-ring (bicyclic) bond motifs is 3. The third-order valence-electron chi connectivity index (χ3n) is 5.33. The van der Waals surface area contributed by atoms with Crippen LogP contribution in [0.1, 0.15) is 33.6 Å². The molecule has 2 fully saturated rings. The van der Waals surface area contributed by atoms with Crippen LogP contribution in [0.3, 0.4) is 0 Å². The van der Waals surface area contributed by atoms with Gasteiger partial charge < -0.3 is 0 Å². The van der Waals surface area contributed by atoms with E-state index in [2.05, 4.69) is 27.4 Å². The SMILES string of the molecule is C=C1C(=O)C=C2C(C)CCC3C(C12)C3(C)C. The van der Waals surface area contributed by atoms with Gasteiger partial charge in [-0.2, -0.15) is 0 Å². The lowest BCUT2D eigenvalue weighted by atomic mass is 9.82. The first-order valence-electron chi connectivity index (χ1n) is 6.39. The zero-order valence-corrected chi connectivity index (χ0v) is 10.4. The average molecular weight is 216 g/mol. The number of allylic oxidation sites excluding steroid dienone is 3. The van der Waals surface area contributed by atoms with Crippen LogP contribution in [-0.2, 0) is 4.79 Å². The van der Waals surface area contributed by atoms with E-state index in [1.54, 1.807) is 0 Å². The van der Waals surface area contributed by atoms with Gasteiger partial charge in [0.1, 0.15) is 0 Å². The molecule has 3 aliphatic carbocycles. The van der Waals surface area contributed by atoms with E-state index in [4.69, 9.17) is 0 Å². The molecule has 0 heterocycles. The van der Waals surface area contributed by atoms with Crippen LogP contribution < -0.4 is 0 Å². The van der Waals surface area contributed by atoms with E-state index in [-0.39, 0.29) is 5.78 Å². The first kappa shape index (κ1) is 10.3. The maximum absolute atomic E-state index is 11.8. The average Bonchev–Trinajstić information content (AvgIpc) is 2.68. The fraction of sp³-hybridized carbons (Fsp3) is 0.667. The predicted molar refractivity (Wildman–Crippen MR) is 64.9 cm³/mol. The quantitative estimate of drug-likeness (QED) is 0.567. The van der Waals surface area contributed by atoms with Crippen LogP contribution in [0.15, 0.2) is 23.8 Å². The Morgan fingerprint density at radius 2 is 2.06 bits per heavy atom.